The summed E-state index contributed by atoms with van der Waals surface area (Å²) in [6.07, 6.45) is 0.885. The highest BCUT2D eigenvalue weighted by atomic mass is 32.2. The summed E-state index contributed by atoms with van der Waals surface area (Å²) in [7, 11) is 4.04. The van der Waals surface area contributed by atoms with Gasteiger partial charge in [0.1, 0.15) is 0 Å². The maximum Gasteiger partial charge on any atom is 0.269 e. The lowest BCUT2D eigenvalue weighted by Gasteiger charge is -2.23. The molecule has 1 aromatic heterocycles. The average Bonchev–Trinajstić information content (AvgIpc) is 3.19. The number of benzene rings is 2. The zero-order chi connectivity index (χ0) is 23.8. The van der Waals surface area contributed by atoms with E-state index >= 15 is 0 Å². The lowest BCUT2D eigenvalue weighted by molar-refractivity contribution is -0.119. The van der Waals surface area contributed by atoms with Crippen molar-refractivity contribution in [3.05, 3.63) is 77.1 Å². The number of carbonyl (C=O) groups excluding carboxylic acids is 2. The fourth-order valence-corrected chi connectivity index (χ4v) is 4.16. The minimum absolute atomic E-state index is 0.0971. The molecule has 1 heterocycles. The second kappa shape index (κ2) is 11.6. The van der Waals surface area contributed by atoms with Crippen LogP contribution in [0, 0.1) is 6.92 Å². The van der Waals surface area contributed by atoms with Crippen LogP contribution in [0.4, 0.5) is 0 Å². The molecule has 1 atom stereocenters. The minimum Gasteiger partial charge on any atom is -0.300 e. The number of nitrogens with zero attached hydrogens (tertiary/aromatic N) is 4. The molecular formula is C24H30N6O2S. The highest BCUT2D eigenvalue weighted by Crippen LogP contribution is 2.26. The monoisotopic (exact) mass is 466 g/mol. The normalized spacial score (nSPS) is 11.9. The summed E-state index contributed by atoms with van der Waals surface area (Å²) in [4.78, 5) is 26.7. The van der Waals surface area contributed by atoms with Gasteiger partial charge in [0.2, 0.25) is 5.91 Å². The lowest BCUT2D eigenvalue weighted by Crippen LogP contribution is -2.42. The van der Waals surface area contributed by atoms with Crippen molar-refractivity contribution < 1.29 is 9.59 Å². The molecule has 0 radical (unpaired) electrons. The molecule has 0 aliphatic heterocycles. The molecule has 0 bridgehead atoms. The molecule has 174 valence electrons. The molecule has 0 unspecified atom stereocenters. The van der Waals surface area contributed by atoms with E-state index in [4.69, 9.17) is 0 Å². The summed E-state index contributed by atoms with van der Waals surface area (Å²) in [5.41, 5.74) is 7.59. The lowest BCUT2D eigenvalue weighted by atomic mass is 10.1. The second-order valence-electron chi connectivity index (χ2n) is 7.96. The second-order valence-corrected chi connectivity index (χ2v) is 8.90. The van der Waals surface area contributed by atoms with Crippen molar-refractivity contribution in [2.45, 2.75) is 38.0 Å². The van der Waals surface area contributed by atoms with E-state index in [1.807, 2.05) is 51.4 Å². The third kappa shape index (κ3) is 6.66. The van der Waals surface area contributed by atoms with E-state index in [1.54, 1.807) is 12.1 Å². The first-order chi connectivity index (χ1) is 15.9. The first-order valence-electron chi connectivity index (χ1n) is 10.8. The topological polar surface area (TPSA) is 92.1 Å². The standard InChI is InChI=1S/C24H30N6O2S/c1-5-20(29(3)4)22-26-28-24(30(22)15-18-9-7-6-8-10-18)33-16-21(31)25-27-23(32)19-13-11-17(2)12-14-19/h6-14,20H,5,15-16H2,1-4H3,(H,25,31)(H,27,32)/t20-/m0/s1. The van der Waals surface area contributed by atoms with Gasteiger partial charge in [-0.3, -0.25) is 25.3 Å². The van der Waals surface area contributed by atoms with Crippen LogP contribution in [-0.4, -0.2) is 51.3 Å². The van der Waals surface area contributed by atoms with E-state index in [0.29, 0.717) is 17.3 Å². The Kier molecular flexibility index (Phi) is 8.62. The zero-order valence-electron chi connectivity index (χ0n) is 19.4. The number of aryl methyl sites for hydroxylation is 1. The number of hydrogen-bond donors (Lipinski definition) is 2. The Morgan fingerprint density at radius 1 is 1.03 bits per heavy atom. The first kappa shape index (κ1) is 24.5. The van der Waals surface area contributed by atoms with Gasteiger partial charge in [-0.1, -0.05) is 66.7 Å². The predicted molar refractivity (Wildman–Crippen MR) is 130 cm³/mol. The van der Waals surface area contributed by atoms with E-state index in [9.17, 15) is 9.59 Å². The van der Waals surface area contributed by atoms with Crippen LogP contribution in [0.5, 0.6) is 0 Å². The van der Waals surface area contributed by atoms with Gasteiger partial charge >= 0.3 is 0 Å². The van der Waals surface area contributed by atoms with E-state index in [2.05, 4.69) is 49.6 Å². The molecule has 2 N–H and O–H groups in total. The molecule has 8 nitrogen and oxygen atoms in total. The quantitative estimate of drug-likeness (QED) is 0.372. The van der Waals surface area contributed by atoms with Crippen LogP contribution in [0.25, 0.3) is 0 Å². The average molecular weight is 467 g/mol. The van der Waals surface area contributed by atoms with Gasteiger partial charge in [-0.05, 0) is 45.1 Å². The van der Waals surface area contributed by atoms with Crippen LogP contribution in [-0.2, 0) is 11.3 Å². The fraction of sp³-hybridized carbons (Fsp3) is 0.333. The molecule has 3 aromatic rings. The maximum absolute atomic E-state index is 12.4. The predicted octanol–water partition coefficient (Wildman–Crippen LogP) is 3.20. The van der Waals surface area contributed by atoms with Crippen LogP contribution in [0.2, 0.25) is 0 Å². The van der Waals surface area contributed by atoms with E-state index in [1.165, 1.54) is 11.8 Å². The Bertz CT molecular complexity index is 1070. The molecule has 0 aliphatic rings. The zero-order valence-corrected chi connectivity index (χ0v) is 20.2. The molecular weight excluding hydrogens is 436 g/mol. The molecule has 2 amide bonds. The third-order valence-corrected chi connectivity index (χ3v) is 6.17. The maximum atomic E-state index is 12.4. The van der Waals surface area contributed by atoms with Gasteiger partial charge in [0, 0.05) is 5.56 Å². The number of nitrogens with one attached hydrogen (secondary N) is 2. The number of amides is 2. The number of hydrazine groups is 1. The van der Waals surface area contributed by atoms with Crippen molar-refractivity contribution >= 4 is 23.6 Å². The van der Waals surface area contributed by atoms with Gasteiger partial charge in [-0.25, -0.2) is 0 Å². The van der Waals surface area contributed by atoms with Gasteiger partial charge in [0.05, 0.1) is 18.3 Å². The molecule has 0 saturated heterocycles. The van der Waals surface area contributed by atoms with Gasteiger partial charge in [-0.15, -0.1) is 10.2 Å². The van der Waals surface area contributed by atoms with Crippen LogP contribution >= 0.6 is 11.8 Å². The van der Waals surface area contributed by atoms with Crippen LogP contribution in [0.1, 0.15) is 46.7 Å². The highest BCUT2D eigenvalue weighted by Gasteiger charge is 2.22. The molecule has 0 aliphatic carbocycles. The van der Waals surface area contributed by atoms with E-state index in [-0.39, 0.29) is 23.6 Å². The molecule has 3 rings (SSSR count). The molecule has 0 spiro atoms. The number of aromatic nitrogens is 3. The van der Waals surface area contributed by atoms with Gasteiger partial charge < -0.3 is 4.57 Å². The fourth-order valence-electron chi connectivity index (χ4n) is 3.42. The Balaban J connectivity index is 1.66. The minimum atomic E-state index is -0.361. The Hall–Kier alpha value is -3.17. The Morgan fingerprint density at radius 3 is 2.36 bits per heavy atom. The number of hydrogen-bond acceptors (Lipinski definition) is 6. The van der Waals surface area contributed by atoms with Crippen LogP contribution in [0.3, 0.4) is 0 Å². The summed E-state index contributed by atoms with van der Waals surface area (Å²) in [6.45, 7) is 4.68. The largest absolute Gasteiger partial charge is 0.300 e. The van der Waals surface area contributed by atoms with Crippen molar-refractivity contribution in [2.24, 2.45) is 0 Å². The summed E-state index contributed by atoms with van der Waals surface area (Å²) in [5, 5.41) is 9.48. The highest BCUT2D eigenvalue weighted by molar-refractivity contribution is 7.99. The summed E-state index contributed by atoms with van der Waals surface area (Å²) in [6, 6.07) is 17.3. The van der Waals surface area contributed by atoms with E-state index in [0.717, 1.165) is 23.4 Å². The number of thioether (sulfide) groups is 1. The molecule has 33 heavy (non-hydrogen) atoms. The van der Waals surface area contributed by atoms with Crippen molar-refractivity contribution in [2.75, 3.05) is 19.8 Å². The smallest absolute Gasteiger partial charge is 0.269 e. The summed E-state index contributed by atoms with van der Waals surface area (Å²) >= 11 is 1.29. The number of carbonyl (C=O) groups is 2. The Morgan fingerprint density at radius 2 is 1.73 bits per heavy atom. The first-order valence-corrected chi connectivity index (χ1v) is 11.8. The SMILES string of the molecule is CC[C@@H](c1nnc(SCC(=O)NNC(=O)c2ccc(C)cc2)n1Cc1ccccc1)N(C)C. The molecule has 9 heteroatoms. The van der Waals surface area contributed by atoms with Crippen molar-refractivity contribution in [1.82, 2.24) is 30.5 Å². The summed E-state index contributed by atoms with van der Waals surface area (Å²) < 4.78 is 2.06. The Labute approximate surface area is 198 Å². The molecule has 2 aromatic carbocycles. The molecule has 0 saturated carbocycles. The number of rotatable bonds is 9. The van der Waals surface area contributed by atoms with Crippen molar-refractivity contribution in [3.8, 4) is 0 Å². The van der Waals surface area contributed by atoms with Gasteiger partial charge in [0.15, 0.2) is 11.0 Å². The van der Waals surface area contributed by atoms with Crippen LogP contribution < -0.4 is 10.9 Å². The van der Waals surface area contributed by atoms with E-state index < -0.39 is 0 Å². The third-order valence-electron chi connectivity index (χ3n) is 5.20. The van der Waals surface area contributed by atoms with Crippen molar-refractivity contribution in [3.63, 3.8) is 0 Å². The van der Waals surface area contributed by atoms with Gasteiger partial charge in [-0.2, -0.15) is 0 Å². The van der Waals surface area contributed by atoms with Gasteiger partial charge in [0.25, 0.3) is 5.91 Å². The summed E-state index contributed by atoms with van der Waals surface area (Å²) in [5.74, 6) is 0.275. The van der Waals surface area contributed by atoms with Crippen LogP contribution in [0.15, 0.2) is 59.8 Å². The van der Waals surface area contributed by atoms with Crippen molar-refractivity contribution in [1.29, 1.82) is 0 Å². The molecule has 0 fully saturated rings.